The van der Waals surface area contributed by atoms with Gasteiger partial charge in [0.1, 0.15) is 18.4 Å². The van der Waals surface area contributed by atoms with Crippen LogP contribution in [0.4, 0.5) is 5.69 Å². The van der Waals surface area contributed by atoms with Crippen LogP contribution in [0.15, 0.2) is 42.6 Å². The van der Waals surface area contributed by atoms with Crippen molar-refractivity contribution in [2.75, 3.05) is 6.79 Å². The SMILES string of the molecule is CC(=O)N[C@@H](Cc1c[nH]c2ccccc12)C(=O)OCc1cc([N+](=O)[O-])cc2c1OCOC2. The van der Waals surface area contributed by atoms with Crippen LogP contribution in [-0.4, -0.2) is 34.6 Å². The van der Waals surface area contributed by atoms with Crippen LogP contribution < -0.4 is 10.1 Å². The molecule has 10 nitrogen and oxygen atoms in total. The Morgan fingerprint density at radius 1 is 1.28 bits per heavy atom. The number of aromatic amines is 1. The summed E-state index contributed by atoms with van der Waals surface area (Å²) in [6.07, 6.45) is 2.01. The largest absolute Gasteiger partial charge is 0.467 e. The topological polar surface area (TPSA) is 133 Å². The molecule has 0 spiro atoms. The Balaban J connectivity index is 1.53. The van der Waals surface area contributed by atoms with Gasteiger partial charge in [0.2, 0.25) is 5.91 Å². The third kappa shape index (κ3) is 4.54. The van der Waals surface area contributed by atoms with Crippen molar-refractivity contribution in [1.29, 1.82) is 0 Å². The first kappa shape index (κ1) is 21.3. The van der Waals surface area contributed by atoms with E-state index < -0.39 is 16.9 Å². The number of H-pyrrole nitrogens is 1. The third-order valence-electron chi connectivity index (χ3n) is 5.11. The Hall–Kier alpha value is -3.92. The number of ether oxygens (including phenoxy) is 3. The van der Waals surface area contributed by atoms with Crippen molar-refractivity contribution >= 4 is 28.5 Å². The lowest BCUT2D eigenvalue weighted by molar-refractivity contribution is -0.385. The van der Waals surface area contributed by atoms with E-state index in [1.165, 1.54) is 19.1 Å². The van der Waals surface area contributed by atoms with E-state index in [1.807, 2.05) is 24.3 Å². The molecule has 0 bridgehead atoms. The Labute approximate surface area is 182 Å². The van der Waals surface area contributed by atoms with E-state index in [0.29, 0.717) is 16.9 Å². The highest BCUT2D eigenvalue weighted by atomic mass is 16.7. The van der Waals surface area contributed by atoms with E-state index in [1.54, 1.807) is 6.20 Å². The quantitative estimate of drug-likeness (QED) is 0.328. The van der Waals surface area contributed by atoms with E-state index in [0.717, 1.165) is 16.5 Å². The number of nitrogens with zero attached hydrogens (tertiary/aromatic N) is 1. The molecule has 0 radical (unpaired) electrons. The summed E-state index contributed by atoms with van der Waals surface area (Å²) in [7, 11) is 0. The number of nitrogens with one attached hydrogen (secondary N) is 2. The molecule has 166 valence electrons. The standard InChI is InChI=1S/C22H21N3O7/c1-13(26)24-20(8-14-9-23-19-5-3-2-4-18(14)19)22(27)31-11-16-7-17(25(28)29)6-15-10-30-12-32-21(15)16/h2-7,9,20,23H,8,10-12H2,1H3,(H,24,26)/t20-/m0/s1. The maximum absolute atomic E-state index is 12.9. The Bertz CT molecular complexity index is 1190. The molecule has 2 aromatic carbocycles. The molecule has 0 aliphatic carbocycles. The van der Waals surface area contributed by atoms with Crippen molar-refractivity contribution in [1.82, 2.24) is 10.3 Å². The van der Waals surface area contributed by atoms with Gasteiger partial charge in [0.05, 0.1) is 11.5 Å². The average Bonchev–Trinajstić information content (AvgIpc) is 3.19. The summed E-state index contributed by atoms with van der Waals surface area (Å²) in [6, 6.07) is 9.38. The molecule has 0 unspecified atom stereocenters. The summed E-state index contributed by atoms with van der Waals surface area (Å²) < 4.78 is 16.1. The van der Waals surface area contributed by atoms with E-state index in [2.05, 4.69) is 10.3 Å². The van der Waals surface area contributed by atoms with Gasteiger partial charge in [0, 0.05) is 53.7 Å². The summed E-state index contributed by atoms with van der Waals surface area (Å²) in [5.74, 6) is -0.625. The number of hydrogen-bond donors (Lipinski definition) is 2. The minimum atomic E-state index is -0.925. The van der Waals surface area contributed by atoms with Gasteiger partial charge in [-0.15, -0.1) is 0 Å². The van der Waals surface area contributed by atoms with Crippen LogP contribution in [0.2, 0.25) is 0 Å². The predicted octanol–water partition coefficient (Wildman–Crippen LogP) is 2.73. The van der Waals surface area contributed by atoms with Gasteiger partial charge in [-0.25, -0.2) is 4.79 Å². The molecular formula is C22H21N3O7. The van der Waals surface area contributed by atoms with Crippen molar-refractivity contribution in [2.24, 2.45) is 0 Å². The van der Waals surface area contributed by atoms with Crippen molar-refractivity contribution < 1.29 is 28.7 Å². The number of aromatic nitrogens is 1. The van der Waals surface area contributed by atoms with E-state index >= 15 is 0 Å². The van der Waals surface area contributed by atoms with Crippen LogP contribution in [-0.2, 0) is 38.7 Å². The number of benzene rings is 2. The fraction of sp³-hybridized carbons (Fsp3) is 0.273. The molecule has 32 heavy (non-hydrogen) atoms. The van der Waals surface area contributed by atoms with Crippen LogP contribution in [0.25, 0.3) is 10.9 Å². The van der Waals surface area contributed by atoms with E-state index in [-0.39, 0.29) is 38.0 Å². The summed E-state index contributed by atoms with van der Waals surface area (Å²) in [5, 5.41) is 14.8. The molecule has 1 atom stereocenters. The molecule has 2 N–H and O–H groups in total. The van der Waals surface area contributed by atoms with Crippen molar-refractivity contribution in [3.63, 3.8) is 0 Å². The number of nitro benzene ring substituents is 1. The van der Waals surface area contributed by atoms with Crippen LogP contribution in [0.3, 0.4) is 0 Å². The predicted molar refractivity (Wildman–Crippen MR) is 113 cm³/mol. The van der Waals surface area contributed by atoms with Gasteiger partial charge in [-0.2, -0.15) is 0 Å². The van der Waals surface area contributed by atoms with Gasteiger partial charge in [-0.3, -0.25) is 14.9 Å². The highest BCUT2D eigenvalue weighted by molar-refractivity contribution is 5.86. The van der Waals surface area contributed by atoms with Crippen molar-refractivity contribution in [2.45, 2.75) is 32.6 Å². The molecule has 1 aliphatic heterocycles. The maximum atomic E-state index is 12.9. The second-order valence-electron chi connectivity index (χ2n) is 7.39. The smallest absolute Gasteiger partial charge is 0.329 e. The van der Waals surface area contributed by atoms with Gasteiger partial charge >= 0.3 is 5.97 Å². The molecule has 0 saturated carbocycles. The summed E-state index contributed by atoms with van der Waals surface area (Å²) >= 11 is 0. The maximum Gasteiger partial charge on any atom is 0.329 e. The summed E-state index contributed by atoms with van der Waals surface area (Å²) in [6.45, 7) is 1.24. The average molecular weight is 439 g/mol. The number of fused-ring (bicyclic) bond motifs is 2. The molecule has 2 heterocycles. The number of carbonyl (C=O) groups is 2. The zero-order chi connectivity index (χ0) is 22.7. The van der Waals surface area contributed by atoms with Gasteiger partial charge in [0.15, 0.2) is 6.79 Å². The molecule has 3 aromatic rings. The molecule has 10 heteroatoms. The van der Waals surface area contributed by atoms with E-state index in [9.17, 15) is 19.7 Å². The van der Waals surface area contributed by atoms with Crippen LogP contribution in [0.1, 0.15) is 23.6 Å². The normalized spacial score (nSPS) is 13.7. The Morgan fingerprint density at radius 2 is 2.09 bits per heavy atom. The first-order valence-electron chi connectivity index (χ1n) is 9.92. The van der Waals surface area contributed by atoms with Crippen molar-refractivity contribution in [3.8, 4) is 5.75 Å². The fourth-order valence-corrected chi connectivity index (χ4v) is 3.70. The number of carbonyl (C=O) groups excluding carboxylic acids is 2. The number of hydrogen-bond acceptors (Lipinski definition) is 7. The second-order valence-corrected chi connectivity index (χ2v) is 7.39. The van der Waals surface area contributed by atoms with Crippen LogP contribution >= 0.6 is 0 Å². The molecule has 4 rings (SSSR count). The van der Waals surface area contributed by atoms with Crippen LogP contribution in [0.5, 0.6) is 5.75 Å². The lowest BCUT2D eigenvalue weighted by Gasteiger charge is -2.21. The zero-order valence-electron chi connectivity index (χ0n) is 17.3. The number of nitro groups is 1. The zero-order valence-corrected chi connectivity index (χ0v) is 17.3. The van der Waals surface area contributed by atoms with Crippen LogP contribution in [0, 0.1) is 10.1 Å². The summed E-state index contributed by atoms with van der Waals surface area (Å²) in [5.41, 5.74) is 2.49. The molecule has 0 fully saturated rings. The Kier molecular flexibility index (Phi) is 6.04. The monoisotopic (exact) mass is 439 g/mol. The van der Waals surface area contributed by atoms with Gasteiger partial charge in [-0.1, -0.05) is 18.2 Å². The number of rotatable bonds is 7. The summed E-state index contributed by atoms with van der Waals surface area (Å²) in [4.78, 5) is 38.4. The lowest BCUT2D eigenvalue weighted by atomic mass is 10.0. The molecule has 0 saturated heterocycles. The minimum absolute atomic E-state index is 0.000832. The van der Waals surface area contributed by atoms with Gasteiger partial charge < -0.3 is 24.5 Å². The highest BCUT2D eigenvalue weighted by Crippen LogP contribution is 2.33. The van der Waals surface area contributed by atoms with Crippen molar-refractivity contribution in [3.05, 3.63) is 69.4 Å². The number of amides is 1. The molecule has 1 aromatic heterocycles. The second kappa shape index (κ2) is 9.06. The lowest BCUT2D eigenvalue weighted by Crippen LogP contribution is -2.42. The third-order valence-corrected chi connectivity index (χ3v) is 5.11. The number of non-ortho nitro benzene ring substituents is 1. The molecular weight excluding hydrogens is 418 g/mol. The number of esters is 1. The molecule has 1 aliphatic rings. The van der Waals surface area contributed by atoms with E-state index in [4.69, 9.17) is 14.2 Å². The first-order valence-corrected chi connectivity index (χ1v) is 9.92. The first-order chi connectivity index (χ1) is 15.4. The Morgan fingerprint density at radius 3 is 2.88 bits per heavy atom. The fourth-order valence-electron chi connectivity index (χ4n) is 3.70. The number of para-hydroxylation sites is 1. The molecule has 1 amide bonds. The van der Waals surface area contributed by atoms with Gasteiger partial charge in [0.25, 0.3) is 5.69 Å². The highest BCUT2D eigenvalue weighted by Gasteiger charge is 2.26. The minimum Gasteiger partial charge on any atom is -0.467 e. The van der Waals surface area contributed by atoms with Gasteiger partial charge in [-0.05, 0) is 11.6 Å².